The van der Waals surface area contributed by atoms with Gasteiger partial charge in [-0.2, -0.15) is 18.3 Å². The maximum Gasteiger partial charge on any atom is 0.393 e. The number of likely N-dealkylation sites (tertiary alicyclic amines) is 1. The van der Waals surface area contributed by atoms with Crippen molar-refractivity contribution in [1.29, 1.82) is 0 Å². The van der Waals surface area contributed by atoms with Crippen LogP contribution in [-0.2, 0) is 6.67 Å². The summed E-state index contributed by atoms with van der Waals surface area (Å²) in [5.74, 6) is -0.524. The standard InChI is InChI=1S/C17H20F3N5S/c18-17(19,20)13-4-2-8-23(10-13)11-24-16(26)25(14-5-6-14)15(22-24)12-3-1-7-21-9-12/h1,3,7,9,13-14H,2,4-6,8,10-11H2/t13-/m1/s1. The van der Waals surface area contributed by atoms with E-state index < -0.39 is 12.1 Å². The van der Waals surface area contributed by atoms with Crippen molar-refractivity contribution in [3.8, 4) is 11.4 Å². The molecule has 1 atom stereocenters. The van der Waals surface area contributed by atoms with Gasteiger partial charge in [-0.05, 0) is 56.6 Å². The minimum absolute atomic E-state index is 0.00376. The fourth-order valence-corrected chi connectivity index (χ4v) is 3.84. The summed E-state index contributed by atoms with van der Waals surface area (Å²) in [7, 11) is 0. The number of pyridine rings is 1. The fourth-order valence-electron chi connectivity index (χ4n) is 3.51. The van der Waals surface area contributed by atoms with Gasteiger partial charge in [-0.25, -0.2) is 4.68 Å². The summed E-state index contributed by atoms with van der Waals surface area (Å²) in [6.07, 6.45) is 2.12. The molecule has 26 heavy (non-hydrogen) atoms. The molecule has 0 spiro atoms. The molecule has 1 aliphatic carbocycles. The molecule has 0 N–H and O–H groups in total. The Balaban J connectivity index is 1.60. The molecule has 3 heterocycles. The molecular weight excluding hydrogens is 363 g/mol. The second-order valence-electron chi connectivity index (χ2n) is 7.05. The first kappa shape index (κ1) is 17.7. The van der Waals surface area contributed by atoms with Crippen molar-refractivity contribution in [2.45, 2.75) is 44.6 Å². The van der Waals surface area contributed by atoms with E-state index in [-0.39, 0.29) is 13.0 Å². The lowest BCUT2D eigenvalue weighted by Gasteiger charge is -2.33. The molecule has 2 fully saturated rings. The molecule has 2 aromatic heterocycles. The third-order valence-corrected chi connectivity index (χ3v) is 5.41. The zero-order chi connectivity index (χ0) is 18.3. The normalized spacial score (nSPS) is 21.9. The summed E-state index contributed by atoms with van der Waals surface area (Å²) in [5, 5.41) is 4.64. The molecule has 4 rings (SSSR count). The molecule has 1 aliphatic heterocycles. The molecule has 0 aromatic carbocycles. The third kappa shape index (κ3) is 3.55. The van der Waals surface area contributed by atoms with Crippen molar-refractivity contribution >= 4 is 12.2 Å². The monoisotopic (exact) mass is 383 g/mol. The lowest BCUT2D eigenvalue weighted by Crippen LogP contribution is -2.42. The number of rotatable bonds is 4. The average Bonchev–Trinajstić information content (AvgIpc) is 3.40. The molecule has 0 amide bonds. The molecule has 2 aromatic rings. The smallest absolute Gasteiger partial charge is 0.297 e. The number of aromatic nitrogens is 4. The van der Waals surface area contributed by atoms with Crippen molar-refractivity contribution in [2.75, 3.05) is 13.1 Å². The number of piperidine rings is 1. The minimum Gasteiger partial charge on any atom is -0.297 e. The van der Waals surface area contributed by atoms with Gasteiger partial charge < -0.3 is 0 Å². The van der Waals surface area contributed by atoms with E-state index in [1.807, 2.05) is 16.7 Å². The van der Waals surface area contributed by atoms with Gasteiger partial charge in [0.05, 0.1) is 12.6 Å². The van der Waals surface area contributed by atoms with Gasteiger partial charge in [-0.3, -0.25) is 14.5 Å². The number of halogens is 3. The first-order valence-electron chi connectivity index (χ1n) is 8.82. The summed E-state index contributed by atoms with van der Waals surface area (Å²) >= 11 is 5.59. The zero-order valence-electron chi connectivity index (χ0n) is 14.2. The predicted molar refractivity (Wildman–Crippen MR) is 92.9 cm³/mol. The predicted octanol–water partition coefficient (Wildman–Crippen LogP) is 4.04. The van der Waals surface area contributed by atoms with E-state index in [2.05, 4.69) is 10.1 Å². The van der Waals surface area contributed by atoms with Crippen molar-refractivity contribution < 1.29 is 13.2 Å². The van der Waals surface area contributed by atoms with Crippen LogP contribution in [0.3, 0.4) is 0 Å². The summed E-state index contributed by atoms with van der Waals surface area (Å²) in [4.78, 5) is 5.94. The molecule has 0 unspecified atom stereocenters. The minimum atomic E-state index is -4.14. The van der Waals surface area contributed by atoms with E-state index >= 15 is 0 Å². The van der Waals surface area contributed by atoms with Crippen LogP contribution in [0.2, 0.25) is 0 Å². The Morgan fingerprint density at radius 1 is 1.23 bits per heavy atom. The van der Waals surface area contributed by atoms with Gasteiger partial charge in [0.25, 0.3) is 0 Å². The summed E-state index contributed by atoms with van der Waals surface area (Å²) in [6.45, 7) is 0.926. The van der Waals surface area contributed by atoms with Crippen LogP contribution >= 0.6 is 12.2 Å². The van der Waals surface area contributed by atoms with Crippen LogP contribution in [0.25, 0.3) is 11.4 Å². The van der Waals surface area contributed by atoms with E-state index in [9.17, 15) is 13.2 Å². The van der Waals surface area contributed by atoms with Gasteiger partial charge in [-0.1, -0.05) is 0 Å². The summed E-state index contributed by atoms with van der Waals surface area (Å²) in [6, 6.07) is 4.09. The Morgan fingerprint density at radius 2 is 2.04 bits per heavy atom. The van der Waals surface area contributed by atoms with Crippen LogP contribution in [0.1, 0.15) is 31.7 Å². The van der Waals surface area contributed by atoms with Crippen LogP contribution in [0, 0.1) is 10.7 Å². The Hall–Kier alpha value is -1.74. The highest BCUT2D eigenvalue weighted by Crippen LogP contribution is 2.38. The molecule has 0 bridgehead atoms. The lowest BCUT2D eigenvalue weighted by atomic mass is 9.98. The van der Waals surface area contributed by atoms with Gasteiger partial charge >= 0.3 is 6.18 Å². The van der Waals surface area contributed by atoms with Crippen LogP contribution < -0.4 is 0 Å². The largest absolute Gasteiger partial charge is 0.393 e. The Kier molecular flexibility index (Phi) is 4.60. The van der Waals surface area contributed by atoms with E-state index in [0.717, 1.165) is 24.2 Å². The molecule has 140 valence electrons. The number of hydrogen-bond donors (Lipinski definition) is 0. The van der Waals surface area contributed by atoms with E-state index in [1.54, 1.807) is 22.0 Å². The van der Waals surface area contributed by atoms with Crippen molar-refractivity contribution in [3.63, 3.8) is 0 Å². The highest BCUT2D eigenvalue weighted by atomic mass is 32.1. The topological polar surface area (TPSA) is 38.9 Å². The molecule has 2 aliphatic rings. The third-order valence-electron chi connectivity index (χ3n) is 5.00. The molecule has 0 radical (unpaired) electrons. The molecule has 1 saturated heterocycles. The van der Waals surface area contributed by atoms with Gasteiger partial charge in [0.2, 0.25) is 0 Å². The SMILES string of the molecule is FC(F)(F)[C@@H]1CCCN(Cn2nc(-c3cccnc3)n(C3CC3)c2=S)C1. The van der Waals surface area contributed by atoms with Crippen LogP contribution in [0.15, 0.2) is 24.5 Å². The van der Waals surface area contributed by atoms with Gasteiger partial charge in [0.1, 0.15) is 0 Å². The number of alkyl halides is 3. The van der Waals surface area contributed by atoms with E-state index in [0.29, 0.717) is 30.4 Å². The second kappa shape index (κ2) is 6.77. The summed E-state index contributed by atoms with van der Waals surface area (Å²) in [5.41, 5.74) is 0.871. The lowest BCUT2D eigenvalue weighted by molar-refractivity contribution is -0.188. The van der Waals surface area contributed by atoms with Gasteiger partial charge in [-0.15, -0.1) is 0 Å². The molecule has 1 saturated carbocycles. The Bertz CT molecular complexity index is 825. The molecular formula is C17H20F3N5S. The van der Waals surface area contributed by atoms with Crippen LogP contribution in [0.4, 0.5) is 13.2 Å². The van der Waals surface area contributed by atoms with Crippen molar-refractivity contribution in [2.24, 2.45) is 5.92 Å². The maximum absolute atomic E-state index is 13.1. The fraction of sp³-hybridized carbons (Fsp3) is 0.588. The van der Waals surface area contributed by atoms with Gasteiger partial charge in [0, 0.05) is 30.5 Å². The first-order valence-corrected chi connectivity index (χ1v) is 9.23. The number of hydrogen-bond acceptors (Lipinski definition) is 4. The van der Waals surface area contributed by atoms with Gasteiger partial charge in [0.15, 0.2) is 10.6 Å². The second-order valence-corrected chi connectivity index (χ2v) is 7.41. The zero-order valence-corrected chi connectivity index (χ0v) is 15.0. The van der Waals surface area contributed by atoms with E-state index in [1.165, 1.54) is 0 Å². The number of nitrogens with zero attached hydrogens (tertiary/aromatic N) is 5. The Morgan fingerprint density at radius 3 is 2.69 bits per heavy atom. The van der Waals surface area contributed by atoms with Crippen LogP contribution in [-0.4, -0.2) is 43.5 Å². The maximum atomic E-state index is 13.1. The molecule has 9 heteroatoms. The Labute approximate surface area is 154 Å². The summed E-state index contributed by atoms with van der Waals surface area (Å²) < 4.78 is 43.4. The highest BCUT2D eigenvalue weighted by molar-refractivity contribution is 7.71. The van der Waals surface area contributed by atoms with E-state index in [4.69, 9.17) is 12.2 Å². The van der Waals surface area contributed by atoms with Crippen molar-refractivity contribution in [1.82, 2.24) is 24.2 Å². The first-order chi connectivity index (χ1) is 12.4. The molecule has 5 nitrogen and oxygen atoms in total. The van der Waals surface area contributed by atoms with Crippen molar-refractivity contribution in [3.05, 3.63) is 29.3 Å². The van der Waals surface area contributed by atoms with Crippen LogP contribution in [0.5, 0.6) is 0 Å². The average molecular weight is 383 g/mol. The highest BCUT2D eigenvalue weighted by Gasteiger charge is 2.42. The quantitative estimate of drug-likeness (QED) is 0.747.